The van der Waals surface area contributed by atoms with Crippen LogP contribution in [-0.4, -0.2) is 27.5 Å². The predicted octanol–water partition coefficient (Wildman–Crippen LogP) is 2.01. The maximum atomic E-state index is 13.4. The van der Waals surface area contributed by atoms with Crippen molar-refractivity contribution in [3.05, 3.63) is 28.5 Å². The molecule has 2 rings (SSSR count). The molecule has 106 valence electrons. The van der Waals surface area contributed by atoms with Crippen LogP contribution in [0.25, 0.3) is 0 Å². The molecule has 1 atom stereocenters. The molecule has 1 aliphatic rings. The first-order valence-corrected chi connectivity index (χ1v) is 8.45. The second kappa shape index (κ2) is 6.30. The number of benzene rings is 1. The normalized spacial score (nSPS) is 21.1. The van der Waals surface area contributed by atoms with E-state index < -0.39 is 15.8 Å². The van der Waals surface area contributed by atoms with Gasteiger partial charge in [-0.15, -0.1) is 0 Å². The van der Waals surface area contributed by atoms with Gasteiger partial charge < -0.3 is 5.32 Å². The van der Waals surface area contributed by atoms with Gasteiger partial charge in [-0.25, -0.2) is 17.5 Å². The lowest BCUT2D eigenvalue weighted by atomic mass is 10.2. The fourth-order valence-electron chi connectivity index (χ4n) is 2.05. The molecule has 1 aromatic carbocycles. The van der Waals surface area contributed by atoms with Gasteiger partial charge >= 0.3 is 0 Å². The molecule has 1 aliphatic heterocycles. The molecular formula is C12H16BrFN2O2S. The largest absolute Gasteiger partial charge is 0.315 e. The number of hydrogen-bond donors (Lipinski definition) is 2. The van der Waals surface area contributed by atoms with E-state index in [4.69, 9.17) is 0 Å². The Morgan fingerprint density at radius 1 is 1.37 bits per heavy atom. The number of nitrogens with one attached hydrogen (secondary N) is 2. The molecule has 7 heteroatoms. The third-order valence-electron chi connectivity index (χ3n) is 3.07. The molecule has 0 bridgehead atoms. The zero-order valence-corrected chi connectivity index (χ0v) is 12.7. The van der Waals surface area contributed by atoms with Gasteiger partial charge in [-0.3, -0.25) is 0 Å². The van der Waals surface area contributed by atoms with Gasteiger partial charge in [-0.2, -0.15) is 0 Å². The van der Waals surface area contributed by atoms with Crippen LogP contribution in [0.1, 0.15) is 19.3 Å². The average molecular weight is 351 g/mol. The van der Waals surface area contributed by atoms with Crippen LogP contribution in [0.4, 0.5) is 4.39 Å². The summed E-state index contributed by atoms with van der Waals surface area (Å²) >= 11 is 3.00. The molecule has 0 aromatic heterocycles. The highest BCUT2D eigenvalue weighted by Gasteiger charge is 2.21. The van der Waals surface area contributed by atoms with Gasteiger partial charge in [0.15, 0.2) is 0 Å². The Balaban J connectivity index is 2.14. The van der Waals surface area contributed by atoms with E-state index in [0.29, 0.717) is 6.54 Å². The minimum atomic E-state index is -3.67. The van der Waals surface area contributed by atoms with E-state index in [9.17, 15) is 12.8 Å². The Bertz CT molecular complexity index is 543. The van der Waals surface area contributed by atoms with Crippen LogP contribution in [-0.2, 0) is 10.0 Å². The van der Waals surface area contributed by atoms with Gasteiger partial charge in [0.1, 0.15) is 5.82 Å². The van der Waals surface area contributed by atoms with E-state index in [-0.39, 0.29) is 15.4 Å². The number of rotatable bonds is 3. The standard InChI is InChI=1S/C12H16BrFN2O2S/c13-11-5-4-10(7-12(11)14)19(17,18)16-9-3-1-2-6-15-8-9/h4-5,7,9,15-16H,1-3,6,8H2. The Morgan fingerprint density at radius 2 is 2.16 bits per heavy atom. The van der Waals surface area contributed by atoms with Crippen LogP contribution in [0.5, 0.6) is 0 Å². The Hall–Kier alpha value is -0.500. The zero-order valence-electron chi connectivity index (χ0n) is 10.3. The minimum absolute atomic E-state index is 0.0440. The van der Waals surface area contributed by atoms with E-state index in [1.54, 1.807) is 0 Å². The molecule has 1 aromatic rings. The Labute approximate surface area is 121 Å². The molecule has 1 fully saturated rings. The van der Waals surface area contributed by atoms with E-state index >= 15 is 0 Å². The predicted molar refractivity (Wildman–Crippen MR) is 74.9 cm³/mol. The lowest BCUT2D eigenvalue weighted by Crippen LogP contribution is -2.40. The lowest BCUT2D eigenvalue weighted by Gasteiger charge is -2.16. The number of sulfonamides is 1. The molecular weight excluding hydrogens is 335 g/mol. The Morgan fingerprint density at radius 3 is 2.89 bits per heavy atom. The SMILES string of the molecule is O=S(=O)(NC1CCCCNC1)c1ccc(Br)c(F)c1. The molecule has 0 radical (unpaired) electrons. The smallest absolute Gasteiger partial charge is 0.240 e. The van der Waals surface area contributed by atoms with Gasteiger partial charge in [-0.1, -0.05) is 6.42 Å². The van der Waals surface area contributed by atoms with Crippen LogP contribution >= 0.6 is 15.9 Å². The van der Waals surface area contributed by atoms with Crippen LogP contribution in [0, 0.1) is 5.82 Å². The summed E-state index contributed by atoms with van der Waals surface area (Å²) in [6.45, 7) is 1.52. The summed E-state index contributed by atoms with van der Waals surface area (Å²) < 4.78 is 40.6. The van der Waals surface area contributed by atoms with E-state index in [0.717, 1.165) is 31.9 Å². The molecule has 0 saturated carbocycles. The summed E-state index contributed by atoms with van der Waals surface area (Å²) in [6, 6.07) is 3.67. The average Bonchev–Trinajstić information content (AvgIpc) is 2.60. The maximum Gasteiger partial charge on any atom is 0.240 e. The third-order valence-corrected chi connectivity index (χ3v) is 5.23. The topological polar surface area (TPSA) is 58.2 Å². The molecule has 19 heavy (non-hydrogen) atoms. The number of halogens is 2. The second-order valence-corrected chi connectivity index (χ2v) is 7.16. The molecule has 1 heterocycles. The molecule has 0 spiro atoms. The molecule has 2 N–H and O–H groups in total. The van der Waals surface area contributed by atoms with E-state index in [1.165, 1.54) is 12.1 Å². The first-order valence-electron chi connectivity index (χ1n) is 6.17. The van der Waals surface area contributed by atoms with Crippen molar-refractivity contribution in [2.75, 3.05) is 13.1 Å². The van der Waals surface area contributed by atoms with Crippen molar-refractivity contribution in [2.24, 2.45) is 0 Å². The van der Waals surface area contributed by atoms with Gasteiger partial charge in [0.05, 0.1) is 9.37 Å². The summed E-state index contributed by atoms with van der Waals surface area (Å²) in [4.78, 5) is -0.0440. The molecule has 1 unspecified atom stereocenters. The molecule has 0 amide bonds. The maximum absolute atomic E-state index is 13.4. The number of hydrogen-bond acceptors (Lipinski definition) is 3. The zero-order chi connectivity index (χ0) is 13.9. The van der Waals surface area contributed by atoms with Crippen molar-refractivity contribution in [1.82, 2.24) is 10.0 Å². The minimum Gasteiger partial charge on any atom is -0.315 e. The summed E-state index contributed by atoms with van der Waals surface area (Å²) in [6.07, 6.45) is 2.82. The van der Waals surface area contributed by atoms with Crippen molar-refractivity contribution >= 4 is 26.0 Å². The van der Waals surface area contributed by atoms with Crippen molar-refractivity contribution in [1.29, 1.82) is 0 Å². The summed E-state index contributed by atoms with van der Waals surface area (Å²) in [5.74, 6) is -0.582. The molecule has 0 aliphatic carbocycles. The highest BCUT2D eigenvalue weighted by Crippen LogP contribution is 2.20. The van der Waals surface area contributed by atoms with Crippen molar-refractivity contribution < 1.29 is 12.8 Å². The van der Waals surface area contributed by atoms with Crippen LogP contribution in [0.2, 0.25) is 0 Å². The van der Waals surface area contributed by atoms with Crippen molar-refractivity contribution in [3.63, 3.8) is 0 Å². The fourth-order valence-corrected chi connectivity index (χ4v) is 3.58. The Kier molecular flexibility index (Phi) is 4.94. The molecule has 4 nitrogen and oxygen atoms in total. The fraction of sp³-hybridized carbons (Fsp3) is 0.500. The van der Waals surface area contributed by atoms with Gasteiger partial charge in [0.2, 0.25) is 10.0 Å². The van der Waals surface area contributed by atoms with Crippen molar-refractivity contribution in [2.45, 2.75) is 30.2 Å². The van der Waals surface area contributed by atoms with Gasteiger partial charge in [0.25, 0.3) is 0 Å². The highest BCUT2D eigenvalue weighted by atomic mass is 79.9. The highest BCUT2D eigenvalue weighted by molar-refractivity contribution is 9.10. The first kappa shape index (κ1) is 14.9. The summed E-state index contributed by atoms with van der Waals surface area (Å²) in [7, 11) is -3.67. The van der Waals surface area contributed by atoms with Gasteiger partial charge in [0, 0.05) is 12.6 Å². The quantitative estimate of drug-likeness (QED) is 0.876. The van der Waals surface area contributed by atoms with Crippen LogP contribution in [0.15, 0.2) is 27.6 Å². The van der Waals surface area contributed by atoms with E-state index in [2.05, 4.69) is 26.0 Å². The lowest BCUT2D eigenvalue weighted by molar-refractivity contribution is 0.520. The first-order chi connectivity index (χ1) is 8.99. The second-order valence-electron chi connectivity index (χ2n) is 4.59. The van der Waals surface area contributed by atoms with Crippen LogP contribution < -0.4 is 10.0 Å². The molecule has 1 saturated heterocycles. The van der Waals surface area contributed by atoms with Crippen LogP contribution in [0.3, 0.4) is 0 Å². The summed E-state index contributed by atoms with van der Waals surface area (Å²) in [5, 5.41) is 3.18. The summed E-state index contributed by atoms with van der Waals surface area (Å²) in [5.41, 5.74) is 0. The van der Waals surface area contributed by atoms with Crippen molar-refractivity contribution in [3.8, 4) is 0 Å². The monoisotopic (exact) mass is 350 g/mol. The van der Waals surface area contributed by atoms with E-state index in [1.807, 2.05) is 0 Å². The van der Waals surface area contributed by atoms with Gasteiger partial charge in [-0.05, 0) is 53.5 Å². The third kappa shape index (κ3) is 3.98.